The number of carbonyl (C=O) groups excluding carboxylic acids is 2. The third kappa shape index (κ3) is 6.67. The summed E-state index contributed by atoms with van der Waals surface area (Å²) >= 11 is 0. The minimum absolute atomic E-state index is 0.0778. The van der Waals surface area contributed by atoms with Crippen molar-refractivity contribution in [2.45, 2.75) is 25.8 Å². The smallest absolute Gasteiger partial charge is 0.229 e. The summed E-state index contributed by atoms with van der Waals surface area (Å²) in [4.78, 5) is 24.6. The molecule has 2 atom stereocenters. The molecule has 4 aromatic rings. The van der Waals surface area contributed by atoms with Crippen LogP contribution in [-0.4, -0.2) is 23.1 Å². The van der Waals surface area contributed by atoms with Crippen LogP contribution in [0.4, 0.5) is 0 Å². The van der Waals surface area contributed by atoms with E-state index in [9.17, 15) is 9.59 Å². The highest BCUT2D eigenvalue weighted by molar-refractivity contribution is 5.83. The Morgan fingerprint density at radius 3 is 1.81 bits per heavy atom. The first-order valence-corrected chi connectivity index (χ1v) is 12.3. The summed E-state index contributed by atoms with van der Waals surface area (Å²) in [5, 5.41) is 0. The van der Waals surface area contributed by atoms with Crippen LogP contribution in [0, 0.1) is 5.92 Å². The molecule has 1 fully saturated rings. The summed E-state index contributed by atoms with van der Waals surface area (Å²) in [6.07, 6.45) is 6.61. The molecule has 0 spiro atoms. The van der Waals surface area contributed by atoms with Crippen molar-refractivity contribution in [3.05, 3.63) is 138 Å². The molecule has 3 heteroatoms. The lowest BCUT2D eigenvalue weighted by Gasteiger charge is -2.21. The lowest BCUT2D eigenvalue weighted by molar-refractivity contribution is -0.129. The van der Waals surface area contributed by atoms with Gasteiger partial charge in [0.1, 0.15) is 6.29 Å². The average Bonchev–Trinajstić information content (AvgIpc) is 3.21. The van der Waals surface area contributed by atoms with Crippen LogP contribution in [0.1, 0.15) is 34.8 Å². The summed E-state index contributed by atoms with van der Waals surface area (Å²) < 4.78 is 0. The number of likely N-dealkylation sites (tertiary alicyclic amines) is 1. The highest BCUT2D eigenvalue weighted by Crippen LogP contribution is 2.28. The minimum Gasteiger partial charge on any atom is -0.315 e. The summed E-state index contributed by atoms with van der Waals surface area (Å²) in [6.45, 7) is 2.03. The van der Waals surface area contributed by atoms with Crippen molar-refractivity contribution in [2.24, 2.45) is 5.92 Å². The van der Waals surface area contributed by atoms with Gasteiger partial charge in [0, 0.05) is 23.7 Å². The van der Waals surface area contributed by atoms with E-state index in [1.165, 1.54) is 16.7 Å². The molecular formula is C33H31NO2. The maximum absolute atomic E-state index is 12.6. The summed E-state index contributed by atoms with van der Waals surface area (Å²) in [6, 6.07) is 38.6. The predicted octanol–water partition coefficient (Wildman–Crippen LogP) is 7.30. The van der Waals surface area contributed by atoms with E-state index in [-0.39, 0.29) is 17.9 Å². The maximum atomic E-state index is 12.6. The van der Waals surface area contributed by atoms with Crippen LogP contribution in [0.3, 0.4) is 0 Å². The van der Waals surface area contributed by atoms with E-state index in [1.54, 1.807) is 12.1 Å². The molecular weight excluding hydrogens is 442 g/mol. The second-order valence-electron chi connectivity index (χ2n) is 9.06. The number of amides is 1. The third-order valence-corrected chi connectivity index (χ3v) is 6.39. The van der Waals surface area contributed by atoms with Gasteiger partial charge < -0.3 is 4.90 Å². The zero-order valence-electron chi connectivity index (χ0n) is 20.5. The van der Waals surface area contributed by atoms with E-state index in [0.29, 0.717) is 0 Å². The van der Waals surface area contributed by atoms with Crippen LogP contribution >= 0.6 is 0 Å². The van der Waals surface area contributed by atoms with Crippen LogP contribution in [0.2, 0.25) is 0 Å². The molecule has 1 aliphatic rings. The molecule has 0 aromatic heterocycles. The zero-order chi connectivity index (χ0) is 25.2. The summed E-state index contributed by atoms with van der Waals surface area (Å²) in [5.41, 5.74) is 5.56. The largest absolute Gasteiger partial charge is 0.315 e. The van der Waals surface area contributed by atoms with Gasteiger partial charge in [-0.3, -0.25) is 9.59 Å². The fraction of sp³-hybridized carbons (Fsp3) is 0.152. The van der Waals surface area contributed by atoms with Crippen LogP contribution in [0.25, 0.3) is 17.2 Å². The molecule has 1 aliphatic heterocycles. The number of carbonyl (C=O) groups is 2. The summed E-state index contributed by atoms with van der Waals surface area (Å²) in [5.74, 6) is 0.298. The van der Waals surface area contributed by atoms with Crippen molar-refractivity contribution in [1.82, 2.24) is 4.90 Å². The highest BCUT2D eigenvalue weighted by Gasteiger charge is 2.35. The van der Waals surface area contributed by atoms with Gasteiger partial charge in [-0.25, -0.2) is 0 Å². The Morgan fingerprint density at radius 2 is 1.25 bits per heavy atom. The van der Waals surface area contributed by atoms with Crippen molar-refractivity contribution in [1.29, 1.82) is 0 Å². The number of rotatable bonds is 6. The molecule has 0 aliphatic carbocycles. The van der Waals surface area contributed by atoms with Gasteiger partial charge in [-0.05, 0) is 41.2 Å². The number of hydrogen-bond acceptors (Lipinski definition) is 2. The molecule has 0 N–H and O–H groups in total. The molecule has 0 bridgehead atoms. The minimum atomic E-state index is 0.0778. The van der Waals surface area contributed by atoms with Crippen molar-refractivity contribution in [2.75, 3.05) is 0 Å². The Labute approximate surface area is 213 Å². The van der Waals surface area contributed by atoms with Crippen LogP contribution in [-0.2, 0) is 11.2 Å². The van der Waals surface area contributed by atoms with Crippen molar-refractivity contribution in [3.63, 3.8) is 0 Å². The van der Waals surface area contributed by atoms with Gasteiger partial charge in [-0.15, -0.1) is 0 Å². The molecule has 1 heterocycles. The van der Waals surface area contributed by atoms with E-state index in [1.807, 2.05) is 66.6 Å². The van der Waals surface area contributed by atoms with Gasteiger partial charge in [0.05, 0.1) is 0 Å². The summed E-state index contributed by atoms with van der Waals surface area (Å²) in [7, 11) is 0. The quantitative estimate of drug-likeness (QED) is 0.276. The fourth-order valence-electron chi connectivity index (χ4n) is 4.43. The Hall–Kier alpha value is -4.24. The first-order valence-electron chi connectivity index (χ1n) is 12.3. The lowest BCUT2D eigenvalue weighted by atomic mass is 9.98. The Balaban J connectivity index is 0.000000325. The SMILES string of the molecule is CC1C[C@@H](Cc2ccc(-c3ccccc3)cc2)N(/C=C/c2ccccc2)C1=O.O=Cc1ccccc1. The number of nitrogens with zero attached hydrogens (tertiary/aromatic N) is 1. The second kappa shape index (κ2) is 12.5. The molecule has 1 unspecified atom stereocenters. The first-order chi connectivity index (χ1) is 17.6. The van der Waals surface area contributed by atoms with Gasteiger partial charge in [-0.1, -0.05) is 122 Å². The molecule has 3 nitrogen and oxygen atoms in total. The van der Waals surface area contributed by atoms with E-state index in [0.717, 1.165) is 30.3 Å². The Kier molecular flexibility index (Phi) is 8.61. The highest BCUT2D eigenvalue weighted by atomic mass is 16.2. The first kappa shape index (κ1) is 24.9. The van der Waals surface area contributed by atoms with Gasteiger partial charge in [0.15, 0.2) is 0 Å². The van der Waals surface area contributed by atoms with Crippen molar-refractivity contribution < 1.29 is 9.59 Å². The van der Waals surface area contributed by atoms with Gasteiger partial charge in [-0.2, -0.15) is 0 Å². The topological polar surface area (TPSA) is 37.4 Å². The fourth-order valence-corrected chi connectivity index (χ4v) is 4.43. The molecule has 1 amide bonds. The van der Waals surface area contributed by atoms with E-state index in [2.05, 4.69) is 60.7 Å². The normalized spacial score (nSPS) is 17.0. The molecule has 4 aromatic carbocycles. The molecule has 180 valence electrons. The van der Waals surface area contributed by atoms with Gasteiger partial charge in [0.2, 0.25) is 5.91 Å². The van der Waals surface area contributed by atoms with E-state index < -0.39 is 0 Å². The standard InChI is InChI=1S/C26H25NO.C7H6O/c1-20-18-25(27(26(20)28)17-16-21-8-4-2-5-9-21)19-22-12-14-24(15-13-22)23-10-6-3-7-11-23;8-6-7-4-2-1-3-5-7/h2-17,20,25H,18-19H2,1H3;1-6H/b17-16+;/t20?,25-;/m0./s1. The lowest BCUT2D eigenvalue weighted by Crippen LogP contribution is -2.30. The van der Waals surface area contributed by atoms with Crippen LogP contribution < -0.4 is 0 Å². The van der Waals surface area contributed by atoms with Crippen LogP contribution in [0.15, 0.2) is 121 Å². The molecule has 5 rings (SSSR count). The monoisotopic (exact) mass is 473 g/mol. The Bertz CT molecular complexity index is 1270. The predicted molar refractivity (Wildman–Crippen MR) is 147 cm³/mol. The zero-order valence-corrected chi connectivity index (χ0v) is 20.5. The molecule has 0 saturated carbocycles. The van der Waals surface area contributed by atoms with E-state index >= 15 is 0 Å². The number of aldehydes is 1. The van der Waals surface area contributed by atoms with Gasteiger partial charge >= 0.3 is 0 Å². The number of hydrogen-bond donors (Lipinski definition) is 0. The van der Waals surface area contributed by atoms with E-state index in [4.69, 9.17) is 0 Å². The maximum Gasteiger partial charge on any atom is 0.229 e. The Morgan fingerprint density at radius 1 is 0.722 bits per heavy atom. The molecule has 0 radical (unpaired) electrons. The van der Waals surface area contributed by atoms with Gasteiger partial charge in [0.25, 0.3) is 0 Å². The van der Waals surface area contributed by atoms with Crippen molar-refractivity contribution in [3.8, 4) is 11.1 Å². The average molecular weight is 474 g/mol. The molecule has 1 saturated heterocycles. The van der Waals surface area contributed by atoms with Crippen molar-refractivity contribution >= 4 is 18.3 Å². The number of benzene rings is 4. The van der Waals surface area contributed by atoms with Crippen LogP contribution in [0.5, 0.6) is 0 Å². The third-order valence-electron chi connectivity index (χ3n) is 6.39. The molecule has 36 heavy (non-hydrogen) atoms. The second-order valence-corrected chi connectivity index (χ2v) is 9.06.